The van der Waals surface area contributed by atoms with Crippen molar-refractivity contribution in [3.05, 3.63) is 39.0 Å². The third-order valence-corrected chi connectivity index (χ3v) is 5.18. The number of benzene rings is 1. The third-order valence-electron chi connectivity index (χ3n) is 4.90. The van der Waals surface area contributed by atoms with E-state index in [-0.39, 0.29) is 11.8 Å². The molecule has 2 atom stereocenters. The molecule has 26 heavy (non-hydrogen) atoms. The van der Waals surface area contributed by atoms with Crippen LogP contribution in [0.5, 0.6) is 11.5 Å². The Bertz CT molecular complexity index is 876. The maximum absolute atomic E-state index is 12.8. The molecule has 0 amide bonds. The van der Waals surface area contributed by atoms with Crippen molar-refractivity contribution in [1.29, 1.82) is 0 Å². The van der Waals surface area contributed by atoms with Crippen LogP contribution in [0.15, 0.2) is 16.9 Å². The van der Waals surface area contributed by atoms with Crippen molar-refractivity contribution in [3.8, 4) is 11.5 Å². The fraction of sp³-hybridized carbons (Fsp3) is 0.556. The minimum Gasteiger partial charge on any atom is -0.486 e. The van der Waals surface area contributed by atoms with Gasteiger partial charge in [-0.2, -0.15) is 5.10 Å². The summed E-state index contributed by atoms with van der Waals surface area (Å²) in [6.07, 6.45) is 0.848. The first-order valence-electron chi connectivity index (χ1n) is 8.95. The molecule has 2 aliphatic heterocycles. The van der Waals surface area contributed by atoms with Crippen LogP contribution >= 0.6 is 11.6 Å². The van der Waals surface area contributed by atoms with E-state index in [9.17, 15) is 4.79 Å². The van der Waals surface area contributed by atoms with Gasteiger partial charge in [0.05, 0.1) is 11.6 Å². The molecule has 0 aliphatic carbocycles. The van der Waals surface area contributed by atoms with Gasteiger partial charge in [-0.15, -0.1) is 0 Å². The third kappa shape index (κ3) is 2.99. The van der Waals surface area contributed by atoms with Gasteiger partial charge in [-0.05, 0) is 37.0 Å². The summed E-state index contributed by atoms with van der Waals surface area (Å²) in [7, 11) is 0. The Hall–Kier alpha value is -1.99. The first kappa shape index (κ1) is 17.4. The predicted octanol–water partition coefficient (Wildman–Crippen LogP) is 2.64. The first-order valence-corrected chi connectivity index (χ1v) is 9.33. The second-order valence-electron chi connectivity index (χ2n) is 6.70. The van der Waals surface area contributed by atoms with Crippen LogP contribution in [0, 0.1) is 5.92 Å². The summed E-state index contributed by atoms with van der Waals surface area (Å²) in [6.45, 7) is 6.61. The highest BCUT2D eigenvalue weighted by molar-refractivity contribution is 6.32. The quantitative estimate of drug-likeness (QED) is 0.816. The van der Waals surface area contributed by atoms with Crippen LogP contribution in [-0.2, 0) is 17.8 Å². The number of halogens is 1. The van der Waals surface area contributed by atoms with Crippen LogP contribution in [0.4, 0.5) is 0 Å². The molecule has 7 nitrogen and oxygen atoms in total. The molecule has 0 saturated carbocycles. The molecule has 0 unspecified atom stereocenters. The van der Waals surface area contributed by atoms with Gasteiger partial charge in [-0.1, -0.05) is 18.5 Å². The van der Waals surface area contributed by atoms with Gasteiger partial charge in [-0.25, -0.2) is 9.48 Å². The summed E-state index contributed by atoms with van der Waals surface area (Å²) in [5.41, 5.74) is 0.699. The standard InChI is InChI=1S/C18H22ClN3O4/c1-3-21-17(15-11(2)4-5-25-15)20-22(18(21)23)10-12-8-13(19)16-14(9-12)24-6-7-26-16/h8-9,11,15H,3-7,10H2,1-2H3/t11-,15+/m0/s1. The monoisotopic (exact) mass is 379 g/mol. The van der Waals surface area contributed by atoms with E-state index in [1.54, 1.807) is 10.6 Å². The molecular formula is C18H22ClN3O4. The number of aromatic nitrogens is 3. The Morgan fingerprint density at radius 1 is 1.27 bits per heavy atom. The van der Waals surface area contributed by atoms with Crippen LogP contribution in [0.1, 0.15) is 37.8 Å². The summed E-state index contributed by atoms with van der Waals surface area (Å²) in [6, 6.07) is 3.65. The van der Waals surface area contributed by atoms with Crippen molar-refractivity contribution < 1.29 is 14.2 Å². The maximum Gasteiger partial charge on any atom is 0.346 e. The van der Waals surface area contributed by atoms with Crippen molar-refractivity contribution in [2.75, 3.05) is 19.8 Å². The van der Waals surface area contributed by atoms with E-state index in [4.69, 9.17) is 25.8 Å². The fourth-order valence-corrected chi connectivity index (χ4v) is 3.81. The highest BCUT2D eigenvalue weighted by Crippen LogP contribution is 2.38. The summed E-state index contributed by atoms with van der Waals surface area (Å²) < 4.78 is 20.1. The summed E-state index contributed by atoms with van der Waals surface area (Å²) in [4.78, 5) is 12.8. The Morgan fingerprint density at radius 2 is 2.08 bits per heavy atom. The van der Waals surface area contributed by atoms with Crippen LogP contribution in [0.3, 0.4) is 0 Å². The molecule has 2 aromatic rings. The van der Waals surface area contributed by atoms with E-state index in [2.05, 4.69) is 12.0 Å². The highest BCUT2D eigenvalue weighted by atomic mass is 35.5. The van der Waals surface area contributed by atoms with Gasteiger partial charge in [-0.3, -0.25) is 4.57 Å². The smallest absolute Gasteiger partial charge is 0.346 e. The van der Waals surface area contributed by atoms with Crippen molar-refractivity contribution >= 4 is 11.6 Å². The molecule has 0 bridgehead atoms. The molecule has 4 rings (SSSR count). The number of ether oxygens (including phenoxy) is 3. The van der Waals surface area contributed by atoms with Crippen molar-refractivity contribution in [2.24, 2.45) is 5.92 Å². The van der Waals surface area contributed by atoms with E-state index in [0.29, 0.717) is 61.2 Å². The van der Waals surface area contributed by atoms with E-state index in [0.717, 1.165) is 12.0 Å². The lowest BCUT2D eigenvalue weighted by Crippen LogP contribution is -2.26. The molecule has 1 aromatic carbocycles. The Labute approximate surface area is 156 Å². The van der Waals surface area contributed by atoms with Gasteiger partial charge in [0.1, 0.15) is 19.3 Å². The van der Waals surface area contributed by atoms with Crippen molar-refractivity contribution in [1.82, 2.24) is 14.3 Å². The van der Waals surface area contributed by atoms with Gasteiger partial charge in [0.25, 0.3) is 0 Å². The lowest BCUT2D eigenvalue weighted by atomic mass is 10.0. The second kappa shape index (κ2) is 6.96. The zero-order valence-electron chi connectivity index (χ0n) is 14.9. The molecule has 140 valence electrons. The van der Waals surface area contributed by atoms with Crippen LogP contribution in [-0.4, -0.2) is 34.2 Å². The number of hydrogen-bond donors (Lipinski definition) is 0. The van der Waals surface area contributed by atoms with Crippen LogP contribution < -0.4 is 15.2 Å². The highest BCUT2D eigenvalue weighted by Gasteiger charge is 2.31. The van der Waals surface area contributed by atoms with Crippen molar-refractivity contribution in [2.45, 2.75) is 39.5 Å². The zero-order valence-corrected chi connectivity index (χ0v) is 15.7. The van der Waals surface area contributed by atoms with E-state index >= 15 is 0 Å². The van der Waals surface area contributed by atoms with Crippen molar-refractivity contribution in [3.63, 3.8) is 0 Å². The molecule has 8 heteroatoms. The van der Waals surface area contributed by atoms with Gasteiger partial charge in [0, 0.05) is 13.2 Å². The van der Waals surface area contributed by atoms with Gasteiger partial charge in [0.2, 0.25) is 0 Å². The Balaban J connectivity index is 1.68. The minimum atomic E-state index is -0.142. The fourth-order valence-electron chi connectivity index (χ4n) is 3.52. The lowest BCUT2D eigenvalue weighted by molar-refractivity contribution is 0.0836. The summed E-state index contributed by atoms with van der Waals surface area (Å²) in [5.74, 6) is 2.21. The zero-order chi connectivity index (χ0) is 18.3. The van der Waals surface area contributed by atoms with Crippen LogP contribution in [0.2, 0.25) is 5.02 Å². The average Bonchev–Trinajstić information content (AvgIpc) is 3.18. The number of hydrogen-bond acceptors (Lipinski definition) is 5. The van der Waals surface area contributed by atoms with Crippen LogP contribution in [0.25, 0.3) is 0 Å². The number of fused-ring (bicyclic) bond motifs is 1. The van der Waals surface area contributed by atoms with E-state index in [1.807, 2.05) is 13.0 Å². The molecule has 1 aromatic heterocycles. The topological polar surface area (TPSA) is 67.5 Å². The molecular weight excluding hydrogens is 358 g/mol. The maximum atomic E-state index is 12.8. The number of nitrogens with zero attached hydrogens (tertiary/aromatic N) is 3. The SMILES string of the molecule is CCn1c([C@@H]2OCC[C@@H]2C)nn(Cc2cc(Cl)c3c(c2)OCCO3)c1=O. The van der Waals surface area contributed by atoms with E-state index in [1.165, 1.54) is 4.68 Å². The molecule has 1 saturated heterocycles. The lowest BCUT2D eigenvalue weighted by Gasteiger charge is -2.20. The normalized spacial score (nSPS) is 22.0. The Kier molecular flexibility index (Phi) is 4.67. The van der Waals surface area contributed by atoms with Gasteiger partial charge >= 0.3 is 5.69 Å². The first-order chi connectivity index (χ1) is 12.6. The molecule has 0 radical (unpaired) electrons. The average molecular weight is 380 g/mol. The summed E-state index contributed by atoms with van der Waals surface area (Å²) in [5, 5.41) is 5.06. The van der Waals surface area contributed by atoms with Gasteiger partial charge in [0.15, 0.2) is 17.3 Å². The predicted molar refractivity (Wildman–Crippen MR) is 96.2 cm³/mol. The second-order valence-corrected chi connectivity index (χ2v) is 7.11. The number of rotatable bonds is 4. The summed E-state index contributed by atoms with van der Waals surface area (Å²) >= 11 is 6.30. The molecule has 0 spiro atoms. The van der Waals surface area contributed by atoms with Gasteiger partial charge < -0.3 is 14.2 Å². The molecule has 1 fully saturated rings. The molecule has 2 aliphatic rings. The largest absolute Gasteiger partial charge is 0.486 e. The van der Waals surface area contributed by atoms with E-state index < -0.39 is 0 Å². The molecule has 3 heterocycles. The Morgan fingerprint density at radius 3 is 2.81 bits per heavy atom. The minimum absolute atomic E-state index is 0.132. The molecule has 0 N–H and O–H groups in total.